The van der Waals surface area contributed by atoms with Crippen molar-refractivity contribution in [3.05, 3.63) is 33.3 Å². The van der Waals surface area contributed by atoms with Crippen LogP contribution in [0.25, 0.3) is 0 Å². The number of rotatable bonds is 8. The Hall–Kier alpha value is -0.130. The minimum Gasteiger partial charge on any atom is -0.380 e. The van der Waals surface area contributed by atoms with Crippen molar-refractivity contribution in [2.75, 3.05) is 33.4 Å². The fourth-order valence-corrected chi connectivity index (χ4v) is 3.16. The molecular weight excluding hydrogens is 340 g/mol. The Morgan fingerprint density at radius 3 is 2.85 bits per heavy atom. The number of halogens is 2. The predicted octanol–water partition coefficient (Wildman–Crippen LogP) is 3.46. The molecule has 1 aromatic carbocycles. The minimum atomic E-state index is 0.172. The molecule has 1 atom stereocenters. The van der Waals surface area contributed by atoms with Gasteiger partial charge in [-0.1, -0.05) is 33.6 Å². The number of hydrogen-bond donors (Lipinski definition) is 1. The van der Waals surface area contributed by atoms with Crippen molar-refractivity contribution in [2.45, 2.75) is 18.9 Å². The number of nitrogens with two attached hydrogens (primary N) is 1. The summed E-state index contributed by atoms with van der Waals surface area (Å²) < 4.78 is 6.70. The second-order valence-electron chi connectivity index (χ2n) is 5.42. The van der Waals surface area contributed by atoms with E-state index in [0.717, 1.165) is 35.2 Å². The molecule has 3 nitrogen and oxygen atoms in total. The monoisotopic (exact) mass is 360 g/mol. The lowest BCUT2D eigenvalue weighted by molar-refractivity contribution is 0.0922. The summed E-state index contributed by atoms with van der Waals surface area (Å²) in [5.74, 6) is 0.816. The zero-order valence-corrected chi connectivity index (χ0v) is 14.2. The molecular formula is C15H22BrClN2O. The maximum atomic E-state index is 5.99. The van der Waals surface area contributed by atoms with Gasteiger partial charge in [-0.25, -0.2) is 0 Å². The third-order valence-corrected chi connectivity index (χ3v) is 4.64. The van der Waals surface area contributed by atoms with E-state index in [4.69, 9.17) is 22.1 Å². The average Bonchev–Trinajstić information content (AvgIpc) is 3.22. The zero-order valence-electron chi connectivity index (χ0n) is 11.8. The molecule has 0 spiro atoms. The fraction of sp³-hybridized carbons (Fsp3) is 0.600. The molecule has 5 heteroatoms. The highest BCUT2D eigenvalue weighted by Crippen LogP contribution is 2.30. The zero-order chi connectivity index (χ0) is 14.5. The molecule has 20 heavy (non-hydrogen) atoms. The second-order valence-corrected chi connectivity index (χ2v) is 6.71. The van der Waals surface area contributed by atoms with E-state index < -0.39 is 0 Å². The van der Waals surface area contributed by atoms with Crippen molar-refractivity contribution >= 4 is 27.5 Å². The standard InChI is InChI=1S/C15H22BrClN2O/c1-19(6-7-20-10-11-2-3-11)15(9-18)13-5-4-12(17)8-14(13)16/h4-5,8,11,15H,2-3,6-7,9-10,18H2,1H3. The van der Waals surface area contributed by atoms with Crippen LogP contribution in [-0.4, -0.2) is 38.3 Å². The SMILES string of the molecule is CN(CCOCC1CC1)C(CN)c1ccc(Cl)cc1Br. The lowest BCUT2D eigenvalue weighted by Gasteiger charge is -2.28. The normalized spacial score (nSPS) is 16.6. The molecule has 2 N–H and O–H groups in total. The highest BCUT2D eigenvalue weighted by atomic mass is 79.9. The van der Waals surface area contributed by atoms with E-state index in [1.54, 1.807) is 0 Å². The van der Waals surface area contributed by atoms with Gasteiger partial charge in [-0.05, 0) is 43.5 Å². The second kappa shape index (κ2) is 7.76. The maximum Gasteiger partial charge on any atom is 0.0593 e. The number of benzene rings is 1. The van der Waals surface area contributed by atoms with Gasteiger partial charge in [0.1, 0.15) is 0 Å². The van der Waals surface area contributed by atoms with E-state index >= 15 is 0 Å². The molecule has 0 amide bonds. The van der Waals surface area contributed by atoms with Gasteiger partial charge in [-0.2, -0.15) is 0 Å². The van der Waals surface area contributed by atoms with Gasteiger partial charge in [-0.3, -0.25) is 4.90 Å². The number of likely N-dealkylation sites (N-methyl/N-ethyl adjacent to an activating group) is 1. The predicted molar refractivity (Wildman–Crippen MR) is 87.1 cm³/mol. The smallest absolute Gasteiger partial charge is 0.0593 e. The van der Waals surface area contributed by atoms with Crippen LogP contribution in [0.1, 0.15) is 24.4 Å². The van der Waals surface area contributed by atoms with Gasteiger partial charge in [-0.15, -0.1) is 0 Å². The van der Waals surface area contributed by atoms with Gasteiger partial charge in [0.15, 0.2) is 0 Å². The maximum absolute atomic E-state index is 5.99. The molecule has 0 heterocycles. The Bertz CT molecular complexity index is 440. The summed E-state index contributed by atoms with van der Waals surface area (Å²) in [6.45, 7) is 3.11. The van der Waals surface area contributed by atoms with Crippen molar-refractivity contribution in [2.24, 2.45) is 11.7 Å². The van der Waals surface area contributed by atoms with E-state index in [1.165, 1.54) is 18.4 Å². The van der Waals surface area contributed by atoms with E-state index in [-0.39, 0.29) is 6.04 Å². The van der Waals surface area contributed by atoms with E-state index in [1.807, 2.05) is 18.2 Å². The van der Waals surface area contributed by atoms with Crippen LogP contribution < -0.4 is 5.73 Å². The summed E-state index contributed by atoms with van der Waals surface area (Å²) in [5.41, 5.74) is 7.11. The Balaban J connectivity index is 1.88. The van der Waals surface area contributed by atoms with E-state index in [9.17, 15) is 0 Å². The third kappa shape index (κ3) is 4.71. The van der Waals surface area contributed by atoms with Gasteiger partial charge in [0, 0.05) is 35.2 Å². The summed E-state index contributed by atoms with van der Waals surface area (Å²) in [4.78, 5) is 2.24. The number of nitrogens with zero attached hydrogens (tertiary/aromatic N) is 1. The third-order valence-electron chi connectivity index (χ3n) is 3.72. The molecule has 1 aromatic rings. The lowest BCUT2D eigenvalue weighted by atomic mass is 10.1. The molecule has 0 radical (unpaired) electrons. The molecule has 0 aromatic heterocycles. The van der Waals surface area contributed by atoms with Crippen LogP contribution in [0, 0.1) is 5.92 Å². The number of ether oxygens (including phenoxy) is 1. The summed E-state index contributed by atoms with van der Waals surface area (Å²) >= 11 is 9.56. The Kier molecular flexibility index (Phi) is 6.30. The molecule has 1 aliphatic rings. The molecule has 0 saturated heterocycles. The van der Waals surface area contributed by atoms with Crippen LogP contribution in [0.4, 0.5) is 0 Å². The first-order chi connectivity index (χ1) is 9.61. The summed E-state index contributed by atoms with van der Waals surface area (Å²) in [5, 5.41) is 0.729. The Labute approximate surface area is 134 Å². The Morgan fingerprint density at radius 1 is 1.50 bits per heavy atom. The molecule has 1 unspecified atom stereocenters. The minimum absolute atomic E-state index is 0.172. The Morgan fingerprint density at radius 2 is 2.25 bits per heavy atom. The first-order valence-corrected chi connectivity index (χ1v) is 8.22. The summed E-state index contributed by atoms with van der Waals surface area (Å²) in [6.07, 6.45) is 2.66. The first-order valence-electron chi connectivity index (χ1n) is 7.04. The van der Waals surface area contributed by atoms with Crippen molar-refractivity contribution in [3.8, 4) is 0 Å². The van der Waals surface area contributed by atoms with Crippen LogP contribution in [0.2, 0.25) is 5.02 Å². The van der Waals surface area contributed by atoms with E-state index in [0.29, 0.717) is 6.54 Å². The van der Waals surface area contributed by atoms with Gasteiger partial charge < -0.3 is 10.5 Å². The van der Waals surface area contributed by atoms with Crippen LogP contribution >= 0.6 is 27.5 Å². The molecule has 1 saturated carbocycles. The largest absolute Gasteiger partial charge is 0.380 e. The highest BCUT2D eigenvalue weighted by molar-refractivity contribution is 9.10. The average molecular weight is 362 g/mol. The summed E-state index contributed by atoms with van der Waals surface area (Å²) in [6, 6.07) is 6.02. The quantitative estimate of drug-likeness (QED) is 0.721. The van der Waals surface area contributed by atoms with Gasteiger partial charge in [0.2, 0.25) is 0 Å². The lowest BCUT2D eigenvalue weighted by Crippen LogP contribution is -2.33. The fourth-order valence-electron chi connectivity index (χ4n) is 2.21. The molecule has 0 aliphatic heterocycles. The van der Waals surface area contributed by atoms with Crippen molar-refractivity contribution in [1.29, 1.82) is 0 Å². The molecule has 0 bridgehead atoms. The molecule has 2 rings (SSSR count). The van der Waals surface area contributed by atoms with Crippen LogP contribution in [0.3, 0.4) is 0 Å². The first kappa shape index (κ1) is 16.2. The topological polar surface area (TPSA) is 38.5 Å². The van der Waals surface area contributed by atoms with Crippen molar-refractivity contribution in [1.82, 2.24) is 4.90 Å². The van der Waals surface area contributed by atoms with Crippen molar-refractivity contribution < 1.29 is 4.74 Å². The highest BCUT2D eigenvalue weighted by Gasteiger charge is 2.22. The van der Waals surface area contributed by atoms with Crippen LogP contribution in [0.5, 0.6) is 0 Å². The summed E-state index contributed by atoms with van der Waals surface area (Å²) in [7, 11) is 2.08. The van der Waals surface area contributed by atoms with Gasteiger partial charge in [0.05, 0.1) is 6.61 Å². The molecule has 1 aliphatic carbocycles. The van der Waals surface area contributed by atoms with Crippen LogP contribution in [0.15, 0.2) is 22.7 Å². The van der Waals surface area contributed by atoms with Crippen molar-refractivity contribution in [3.63, 3.8) is 0 Å². The van der Waals surface area contributed by atoms with Gasteiger partial charge >= 0.3 is 0 Å². The molecule has 1 fully saturated rings. The van der Waals surface area contributed by atoms with Gasteiger partial charge in [0.25, 0.3) is 0 Å². The number of hydrogen-bond acceptors (Lipinski definition) is 3. The van der Waals surface area contributed by atoms with E-state index in [2.05, 4.69) is 27.9 Å². The molecule has 112 valence electrons. The van der Waals surface area contributed by atoms with Crippen LogP contribution in [-0.2, 0) is 4.74 Å².